The van der Waals surface area contributed by atoms with Crippen LogP contribution >= 0.6 is 0 Å². The van der Waals surface area contributed by atoms with E-state index in [-0.39, 0.29) is 0 Å². The van der Waals surface area contributed by atoms with Crippen molar-refractivity contribution in [1.29, 1.82) is 0 Å². The van der Waals surface area contributed by atoms with E-state index in [1.165, 1.54) is 57.8 Å². The van der Waals surface area contributed by atoms with E-state index in [1.54, 1.807) is 0 Å². The molecule has 0 aromatic carbocycles. The Hall–Kier alpha value is -0.0800. The van der Waals surface area contributed by atoms with Gasteiger partial charge in [-0.3, -0.25) is 0 Å². The second kappa shape index (κ2) is 7.79. The minimum Gasteiger partial charge on any atom is -0.389 e. The van der Waals surface area contributed by atoms with Crippen molar-refractivity contribution in [1.82, 2.24) is 5.32 Å². The van der Waals surface area contributed by atoms with Crippen molar-refractivity contribution in [3.8, 4) is 0 Å². The van der Waals surface area contributed by atoms with Gasteiger partial charge in [0.05, 0.1) is 5.60 Å². The van der Waals surface area contributed by atoms with Gasteiger partial charge in [0.1, 0.15) is 0 Å². The lowest BCUT2D eigenvalue weighted by atomic mass is 9.71. The van der Waals surface area contributed by atoms with Crippen LogP contribution in [0.4, 0.5) is 0 Å². The van der Waals surface area contributed by atoms with Gasteiger partial charge in [0.25, 0.3) is 0 Å². The minimum absolute atomic E-state index is 0.492. The number of hydrogen-bond acceptors (Lipinski definition) is 2. The first-order valence-electron chi connectivity index (χ1n) is 9.14. The summed E-state index contributed by atoms with van der Waals surface area (Å²) in [6, 6.07) is 0.663. The maximum Gasteiger partial charge on any atom is 0.0766 e. The highest BCUT2D eigenvalue weighted by molar-refractivity contribution is 4.89. The van der Waals surface area contributed by atoms with Crippen LogP contribution in [0.3, 0.4) is 0 Å². The molecule has 2 nitrogen and oxygen atoms in total. The van der Waals surface area contributed by atoms with E-state index >= 15 is 0 Å². The van der Waals surface area contributed by atoms with Crippen molar-refractivity contribution in [2.24, 2.45) is 11.8 Å². The second-order valence-electron chi connectivity index (χ2n) is 7.27. The van der Waals surface area contributed by atoms with E-state index in [2.05, 4.69) is 19.2 Å². The molecule has 0 heterocycles. The summed E-state index contributed by atoms with van der Waals surface area (Å²) in [6.07, 6.45) is 14.5. The lowest BCUT2D eigenvalue weighted by Gasteiger charge is -2.41. The van der Waals surface area contributed by atoms with E-state index in [0.717, 1.165) is 31.2 Å². The fraction of sp³-hybridized carbons (Fsp3) is 1.00. The Kier molecular flexibility index (Phi) is 6.35. The Morgan fingerprint density at radius 1 is 0.900 bits per heavy atom. The number of rotatable bonds is 6. The van der Waals surface area contributed by atoms with Gasteiger partial charge in [0.2, 0.25) is 0 Å². The SMILES string of the molecule is CCC(O)(CC)CNC1CCCCC1C1CCCCC1. The Morgan fingerprint density at radius 3 is 2.15 bits per heavy atom. The quantitative estimate of drug-likeness (QED) is 0.762. The number of nitrogens with one attached hydrogen (secondary N) is 1. The van der Waals surface area contributed by atoms with Crippen LogP contribution < -0.4 is 5.32 Å². The molecule has 2 atom stereocenters. The topological polar surface area (TPSA) is 32.3 Å². The van der Waals surface area contributed by atoms with Gasteiger partial charge in [-0.15, -0.1) is 0 Å². The highest BCUT2D eigenvalue weighted by Crippen LogP contribution is 2.38. The van der Waals surface area contributed by atoms with Crippen LogP contribution in [0, 0.1) is 11.8 Å². The predicted octanol–water partition coefficient (Wildman–Crippen LogP) is 4.27. The van der Waals surface area contributed by atoms with E-state index in [0.29, 0.717) is 6.04 Å². The first kappa shape index (κ1) is 16.3. The molecule has 2 aliphatic rings. The lowest BCUT2D eigenvalue weighted by molar-refractivity contribution is 0.0226. The molecule has 2 aliphatic carbocycles. The van der Waals surface area contributed by atoms with E-state index in [9.17, 15) is 5.11 Å². The van der Waals surface area contributed by atoms with Crippen LogP contribution in [-0.4, -0.2) is 23.3 Å². The summed E-state index contributed by atoms with van der Waals surface area (Å²) in [5, 5.41) is 14.3. The van der Waals surface area contributed by atoms with Crippen molar-refractivity contribution in [3.05, 3.63) is 0 Å². The molecule has 0 radical (unpaired) electrons. The number of aliphatic hydroxyl groups is 1. The van der Waals surface area contributed by atoms with Gasteiger partial charge >= 0.3 is 0 Å². The lowest BCUT2D eigenvalue weighted by Crippen LogP contribution is -2.49. The fourth-order valence-corrected chi connectivity index (χ4v) is 4.36. The highest BCUT2D eigenvalue weighted by Gasteiger charge is 2.33. The first-order chi connectivity index (χ1) is 9.68. The molecule has 2 N–H and O–H groups in total. The standard InChI is InChI=1S/C18H35NO/c1-3-18(20,4-2)14-19-17-13-9-8-12-16(17)15-10-6-5-7-11-15/h15-17,19-20H,3-14H2,1-2H3. The number of hydrogen-bond donors (Lipinski definition) is 2. The minimum atomic E-state index is -0.492. The summed E-state index contributed by atoms with van der Waals surface area (Å²) >= 11 is 0. The smallest absolute Gasteiger partial charge is 0.0766 e. The molecule has 2 rings (SSSR count). The van der Waals surface area contributed by atoms with Gasteiger partial charge in [0.15, 0.2) is 0 Å². The van der Waals surface area contributed by atoms with Crippen LogP contribution in [0.15, 0.2) is 0 Å². The largest absolute Gasteiger partial charge is 0.389 e. The molecule has 2 heteroatoms. The summed E-state index contributed by atoms with van der Waals surface area (Å²) in [7, 11) is 0. The third-order valence-electron chi connectivity index (χ3n) is 6.08. The van der Waals surface area contributed by atoms with E-state index < -0.39 is 5.60 Å². The molecule has 118 valence electrons. The molecule has 0 aliphatic heterocycles. The van der Waals surface area contributed by atoms with Crippen LogP contribution in [0.1, 0.15) is 84.5 Å². The molecule has 2 saturated carbocycles. The van der Waals surface area contributed by atoms with Crippen LogP contribution in [0.5, 0.6) is 0 Å². The Labute approximate surface area is 125 Å². The van der Waals surface area contributed by atoms with E-state index in [4.69, 9.17) is 0 Å². The maximum absolute atomic E-state index is 10.5. The average molecular weight is 281 g/mol. The molecular formula is C18H35NO. The van der Waals surface area contributed by atoms with Crippen molar-refractivity contribution >= 4 is 0 Å². The van der Waals surface area contributed by atoms with Crippen LogP contribution in [0.25, 0.3) is 0 Å². The van der Waals surface area contributed by atoms with Gasteiger partial charge in [-0.1, -0.05) is 58.8 Å². The van der Waals surface area contributed by atoms with Crippen molar-refractivity contribution in [2.45, 2.75) is 96.1 Å². The zero-order valence-electron chi connectivity index (χ0n) is 13.7. The summed E-state index contributed by atoms with van der Waals surface area (Å²) in [6.45, 7) is 4.99. The summed E-state index contributed by atoms with van der Waals surface area (Å²) in [5.74, 6) is 1.83. The zero-order chi connectivity index (χ0) is 14.4. The monoisotopic (exact) mass is 281 g/mol. The molecule has 0 saturated heterocycles. The van der Waals surface area contributed by atoms with Crippen molar-refractivity contribution in [2.75, 3.05) is 6.54 Å². The fourth-order valence-electron chi connectivity index (χ4n) is 4.36. The second-order valence-corrected chi connectivity index (χ2v) is 7.27. The van der Waals surface area contributed by atoms with E-state index in [1.807, 2.05) is 0 Å². The normalized spacial score (nSPS) is 29.6. The summed E-state index contributed by atoms with van der Waals surface area (Å²) in [4.78, 5) is 0. The average Bonchev–Trinajstić information content (AvgIpc) is 2.54. The predicted molar refractivity (Wildman–Crippen MR) is 85.9 cm³/mol. The van der Waals surface area contributed by atoms with Crippen molar-refractivity contribution in [3.63, 3.8) is 0 Å². The highest BCUT2D eigenvalue weighted by atomic mass is 16.3. The molecule has 2 fully saturated rings. The Balaban J connectivity index is 1.89. The third-order valence-corrected chi connectivity index (χ3v) is 6.08. The van der Waals surface area contributed by atoms with Crippen LogP contribution in [-0.2, 0) is 0 Å². The zero-order valence-corrected chi connectivity index (χ0v) is 13.7. The maximum atomic E-state index is 10.5. The van der Waals surface area contributed by atoms with Gasteiger partial charge in [-0.25, -0.2) is 0 Å². The van der Waals surface area contributed by atoms with Gasteiger partial charge < -0.3 is 10.4 Å². The molecule has 0 spiro atoms. The van der Waals surface area contributed by atoms with Crippen molar-refractivity contribution < 1.29 is 5.11 Å². The van der Waals surface area contributed by atoms with Gasteiger partial charge in [-0.05, 0) is 37.5 Å². The molecule has 0 amide bonds. The molecule has 2 unspecified atom stereocenters. The third kappa shape index (κ3) is 4.21. The summed E-state index contributed by atoms with van der Waals surface area (Å²) in [5.41, 5.74) is -0.492. The van der Waals surface area contributed by atoms with Crippen LogP contribution in [0.2, 0.25) is 0 Å². The molecule has 0 aromatic heterocycles. The molecule has 0 aromatic rings. The molecular weight excluding hydrogens is 246 g/mol. The van der Waals surface area contributed by atoms with Gasteiger partial charge in [0, 0.05) is 12.6 Å². The Morgan fingerprint density at radius 2 is 1.50 bits per heavy atom. The Bertz CT molecular complexity index is 269. The molecule has 20 heavy (non-hydrogen) atoms. The summed E-state index contributed by atoms with van der Waals surface area (Å²) < 4.78 is 0. The first-order valence-corrected chi connectivity index (χ1v) is 9.14. The molecule has 0 bridgehead atoms. The van der Waals surface area contributed by atoms with Gasteiger partial charge in [-0.2, -0.15) is 0 Å².